The van der Waals surface area contributed by atoms with Gasteiger partial charge in [0.15, 0.2) is 0 Å². The predicted molar refractivity (Wildman–Crippen MR) is 283 cm³/mol. The number of nitrogens with zero attached hydrogens (tertiary/aromatic N) is 5. The summed E-state index contributed by atoms with van der Waals surface area (Å²) in [5, 5.41) is 12.5. The number of hydroxylamine groups is 2. The lowest BCUT2D eigenvalue weighted by Crippen LogP contribution is -2.46. The Kier molecular flexibility index (Phi) is 13.0. The number of carbonyl (C=O) groups excluding carboxylic acids is 3. The van der Waals surface area contributed by atoms with Gasteiger partial charge in [-0.3, -0.25) is 14.4 Å². The normalized spacial score (nSPS) is 23.3. The van der Waals surface area contributed by atoms with Crippen LogP contribution in [0.3, 0.4) is 0 Å². The number of hydrogen-bond donors (Lipinski definition) is 1. The third-order valence-electron chi connectivity index (χ3n) is 15.7. The summed E-state index contributed by atoms with van der Waals surface area (Å²) in [4.78, 5) is 65.7. The molecule has 376 valence electrons. The molecule has 5 heterocycles. The lowest BCUT2D eigenvalue weighted by atomic mass is 9.64. The number of fused-ring (bicyclic) bond motifs is 18. The summed E-state index contributed by atoms with van der Waals surface area (Å²) in [6.07, 6.45) is 7.66. The maximum absolute atomic E-state index is 10.7. The molecule has 2 amide bonds. The van der Waals surface area contributed by atoms with E-state index in [4.69, 9.17) is 39.3 Å². The third-order valence-corrected chi connectivity index (χ3v) is 15.7. The van der Waals surface area contributed by atoms with Gasteiger partial charge in [-0.2, -0.15) is 0 Å². The molecule has 0 radical (unpaired) electrons. The van der Waals surface area contributed by atoms with E-state index in [2.05, 4.69) is 119 Å². The number of imide groups is 1. The van der Waals surface area contributed by atoms with Crippen molar-refractivity contribution in [1.82, 2.24) is 25.0 Å². The minimum atomic E-state index is -0.833. The van der Waals surface area contributed by atoms with Crippen molar-refractivity contribution in [2.75, 3.05) is 0 Å². The number of aliphatic carboxylic acids is 1. The summed E-state index contributed by atoms with van der Waals surface area (Å²) in [6.45, 7) is 16.1. The maximum atomic E-state index is 10.7. The topological polar surface area (TPSA) is 171 Å². The molecule has 0 unspecified atom stereocenters. The van der Waals surface area contributed by atoms with Crippen LogP contribution in [0.1, 0.15) is 130 Å². The van der Waals surface area contributed by atoms with Crippen molar-refractivity contribution < 1.29 is 38.6 Å². The van der Waals surface area contributed by atoms with Crippen molar-refractivity contribution in [3.63, 3.8) is 0 Å². The zero-order chi connectivity index (χ0) is 51.5. The zero-order valence-corrected chi connectivity index (χ0v) is 42.9. The number of carbonyl (C=O) groups is 4. The highest BCUT2D eigenvalue weighted by Gasteiger charge is 2.49. The van der Waals surface area contributed by atoms with E-state index in [9.17, 15) is 14.4 Å². The van der Waals surface area contributed by atoms with Gasteiger partial charge in [0.25, 0.3) is 17.8 Å². The second kappa shape index (κ2) is 19.3. The summed E-state index contributed by atoms with van der Waals surface area (Å²) in [5.74, 6) is 3.12. The van der Waals surface area contributed by atoms with Crippen LogP contribution in [0.15, 0.2) is 97.1 Å². The fourth-order valence-electron chi connectivity index (χ4n) is 12.5. The van der Waals surface area contributed by atoms with Crippen molar-refractivity contribution in [2.24, 2.45) is 23.7 Å². The molecule has 73 heavy (non-hydrogen) atoms. The summed E-state index contributed by atoms with van der Waals surface area (Å²) < 4.78 is 13.6. The van der Waals surface area contributed by atoms with Gasteiger partial charge in [-0.25, -0.2) is 24.7 Å². The van der Waals surface area contributed by atoms with Crippen LogP contribution in [0.5, 0.6) is 11.5 Å². The highest BCUT2D eigenvalue weighted by Crippen LogP contribution is 2.58. The number of amides is 2. The first-order valence-corrected chi connectivity index (χ1v) is 25.7. The Bertz CT molecular complexity index is 3300. The van der Waals surface area contributed by atoms with Gasteiger partial charge in [-0.1, -0.05) is 99.5 Å². The molecule has 2 aromatic heterocycles. The first-order chi connectivity index (χ1) is 34.9. The van der Waals surface area contributed by atoms with Crippen LogP contribution >= 0.6 is 0 Å². The molecule has 13 rings (SSSR count). The lowest BCUT2D eigenvalue weighted by molar-refractivity contribution is -0.195. The van der Waals surface area contributed by atoms with E-state index in [0.29, 0.717) is 28.7 Å². The van der Waals surface area contributed by atoms with Crippen LogP contribution in [0.4, 0.5) is 0 Å². The van der Waals surface area contributed by atoms with Gasteiger partial charge in [-0.05, 0) is 101 Å². The molecule has 13 nitrogen and oxygen atoms in total. The first kappa shape index (κ1) is 49.3. The SMILES string of the molecule is CC(=O)O.CC(=O)ON1C(=O)CCC1=O.C[C@H]1CC[C@H]2[C@H](C1)c1c(c3ccccc3c3nc4ccccc4nc13)OC2(C)C.C[C@H]1CC[C@H]2[C@H](C1)c1c(c3ccccc3c3nc4ccccc4nc13)OC2(C)C. The molecule has 8 aromatic rings. The Morgan fingerprint density at radius 3 is 1.23 bits per heavy atom. The number of rotatable bonds is 1. The van der Waals surface area contributed by atoms with Crippen LogP contribution in [0.25, 0.3) is 65.7 Å². The van der Waals surface area contributed by atoms with E-state index in [1.54, 1.807) is 0 Å². The Morgan fingerprint density at radius 2 is 0.877 bits per heavy atom. The molecule has 6 atom stereocenters. The average molecular weight is 982 g/mol. The molecule has 3 fully saturated rings. The van der Waals surface area contributed by atoms with Crippen LogP contribution in [0.2, 0.25) is 0 Å². The summed E-state index contributed by atoms with van der Waals surface area (Å²) in [6, 6.07) is 33.5. The van der Waals surface area contributed by atoms with E-state index in [0.717, 1.165) is 92.1 Å². The number of benzene rings is 6. The molecule has 0 bridgehead atoms. The lowest BCUT2D eigenvalue weighted by Gasteiger charge is -2.49. The number of carboxylic acid groups (broad SMARTS) is 1. The number of carboxylic acids is 1. The first-order valence-electron chi connectivity index (χ1n) is 25.7. The monoisotopic (exact) mass is 981 g/mol. The summed E-state index contributed by atoms with van der Waals surface area (Å²) in [5.41, 5.74) is 10.2. The molecule has 5 aliphatic rings. The van der Waals surface area contributed by atoms with Crippen molar-refractivity contribution in [3.05, 3.63) is 108 Å². The molecular formula is C60H63N5O8. The fraction of sp³-hybridized carbons (Fsp3) is 0.400. The van der Waals surface area contributed by atoms with Gasteiger partial charge in [0.1, 0.15) is 22.7 Å². The van der Waals surface area contributed by atoms with Gasteiger partial charge >= 0.3 is 5.97 Å². The molecule has 1 N–H and O–H groups in total. The maximum Gasteiger partial charge on any atom is 0.330 e. The highest BCUT2D eigenvalue weighted by atomic mass is 16.7. The largest absolute Gasteiger partial charge is 0.487 e. The molecule has 3 aliphatic heterocycles. The zero-order valence-electron chi connectivity index (χ0n) is 42.9. The van der Waals surface area contributed by atoms with E-state index in [1.165, 1.54) is 60.4 Å². The van der Waals surface area contributed by atoms with Crippen molar-refractivity contribution in [3.8, 4) is 11.5 Å². The molecule has 2 aliphatic carbocycles. The minimum absolute atomic E-state index is 0.131. The molecule has 2 saturated carbocycles. The van der Waals surface area contributed by atoms with Gasteiger partial charge in [0, 0.05) is 71.2 Å². The van der Waals surface area contributed by atoms with Gasteiger partial charge < -0.3 is 19.4 Å². The number of hydrogen-bond acceptors (Lipinski definition) is 11. The third kappa shape index (κ3) is 9.27. The predicted octanol–water partition coefficient (Wildman–Crippen LogP) is 13.0. The molecular weight excluding hydrogens is 919 g/mol. The van der Waals surface area contributed by atoms with E-state index >= 15 is 0 Å². The quantitative estimate of drug-likeness (QED) is 0.0939. The molecule has 1 saturated heterocycles. The Morgan fingerprint density at radius 1 is 0.548 bits per heavy atom. The van der Waals surface area contributed by atoms with Gasteiger partial charge in [-0.15, -0.1) is 5.06 Å². The standard InChI is InChI=1S/2C26H26N2O.C6H7NO4.C2H4O2/c2*1-15-12-13-19-18(14-15)22-24-23(27-20-10-6-7-11-21(20)28-24)16-8-4-5-9-17(16)25(22)29-26(19,2)3;1-4(8)11-7-5(9)2-3-6(7)10;1-2(3)4/h2*4-11,15,18-19H,12-14H2,1-3H3;2-3H2,1H3;1H3,(H,3,4)/t2*15-,18-,19-;;/m00../s1. The van der Waals surface area contributed by atoms with Crippen LogP contribution in [-0.2, 0) is 24.0 Å². The summed E-state index contributed by atoms with van der Waals surface area (Å²) >= 11 is 0. The molecule has 6 aromatic carbocycles. The Labute approximate surface area is 424 Å². The smallest absolute Gasteiger partial charge is 0.330 e. The van der Waals surface area contributed by atoms with Crippen LogP contribution < -0.4 is 9.47 Å². The molecule has 0 spiro atoms. The van der Waals surface area contributed by atoms with E-state index in [1.807, 2.05) is 24.3 Å². The number of para-hydroxylation sites is 4. The Hall–Kier alpha value is -7.28. The average Bonchev–Trinajstić information content (AvgIpc) is 3.67. The van der Waals surface area contributed by atoms with E-state index < -0.39 is 23.8 Å². The molecule has 13 heteroatoms. The number of aromatic nitrogens is 4. The van der Waals surface area contributed by atoms with E-state index in [-0.39, 0.29) is 24.0 Å². The van der Waals surface area contributed by atoms with Gasteiger partial charge in [0.2, 0.25) is 0 Å². The Balaban J connectivity index is 0.000000132. The fourth-order valence-corrected chi connectivity index (χ4v) is 12.5. The van der Waals surface area contributed by atoms with Crippen LogP contribution in [-0.4, -0.2) is 65.1 Å². The highest BCUT2D eigenvalue weighted by molar-refractivity contribution is 6.12. The second-order valence-corrected chi connectivity index (χ2v) is 21.8. The van der Waals surface area contributed by atoms with Crippen molar-refractivity contribution >= 4 is 89.4 Å². The van der Waals surface area contributed by atoms with Crippen molar-refractivity contribution in [1.29, 1.82) is 0 Å². The second-order valence-electron chi connectivity index (χ2n) is 21.8. The van der Waals surface area contributed by atoms with Gasteiger partial charge in [0.05, 0.1) is 44.1 Å². The number of ether oxygens (including phenoxy) is 2. The van der Waals surface area contributed by atoms with Crippen LogP contribution in [0, 0.1) is 23.7 Å². The summed E-state index contributed by atoms with van der Waals surface area (Å²) in [7, 11) is 0. The van der Waals surface area contributed by atoms with Crippen molar-refractivity contribution in [2.45, 2.75) is 130 Å². The minimum Gasteiger partial charge on any atom is -0.487 e.